The number of nitrogens with one attached hydrogen (secondary N) is 2. The van der Waals surface area contributed by atoms with Gasteiger partial charge in [-0.3, -0.25) is 9.59 Å². The molecule has 1 aliphatic rings. The molecule has 1 fully saturated rings. The zero-order chi connectivity index (χ0) is 20.5. The zero-order valence-electron chi connectivity index (χ0n) is 14.8. The molecule has 1 aliphatic carbocycles. The smallest absolute Gasteiger partial charge is 0.273 e. The molecule has 1 amide bonds. The first-order valence-electron chi connectivity index (χ1n) is 8.64. The highest BCUT2D eigenvalue weighted by Crippen LogP contribution is 2.30. The van der Waals surface area contributed by atoms with Gasteiger partial charge in [-0.1, -0.05) is 16.5 Å². The summed E-state index contributed by atoms with van der Waals surface area (Å²) in [5, 5.41) is 9.48. The number of thiazole rings is 1. The number of hydrogen-bond acceptors (Lipinski definition) is 8. The molecule has 0 saturated heterocycles. The molecule has 0 atom stereocenters. The van der Waals surface area contributed by atoms with Crippen molar-refractivity contribution in [1.29, 1.82) is 0 Å². The highest BCUT2D eigenvalue weighted by atomic mass is 32.1. The summed E-state index contributed by atoms with van der Waals surface area (Å²) in [7, 11) is 0. The Morgan fingerprint density at radius 3 is 2.66 bits per heavy atom. The molecule has 4 rings (SSSR count). The van der Waals surface area contributed by atoms with Crippen LogP contribution in [-0.4, -0.2) is 34.0 Å². The fraction of sp³-hybridized carbons (Fsp3) is 0.222. The number of aromatic nitrogens is 2. The Bertz CT molecular complexity index is 1060. The molecule has 11 heteroatoms. The molecule has 2 aromatic heterocycles. The molecule has 0 radical (unpaired) electrons. The number of carbonyl (C=O) groups is 2. The predicted octanol–water partition coefficient (Wildman–Crippen LogP) is 3.06. The predicted molar refractivity (Wildman–Crippen MR) is 102 cm³/mol. The van der Waals surface area contributed by atoms with E-state index in [0.29, 0.717) is 10.8 Å². The van der Waals surface area contributed by atoms with Crippen molar-refractivity contribution in [2.45, 2.75) is 25.1 Å². The van der Waals surface area contributed by atoms with Gasteiger partial charge in [-0.15, -0.1) is 0 Å². The standard InChI is InChI=1S/C18H15F2N5O3S/c19-8-1-3-10(4-2-8)23-18-24-16(21)15(29-18)14(26)13-7-12(25-28-13)17(27)22-11-5-9(20)6-11/h1-4,7,9,11H,5-6,21H2,(H,22,27)(H,23,24)/t9-,11-. The minimum atomic E-state index is -0.901. The minimum Gasteiger partial charge on any atom is -0.382 e. The summed E-state index contributed by atoms with van der Waals surface area (Å²) in [6.45, 7) is 0. The van der Waals surface area contributed by atoms with E-state index < -0.39 is 17.9 Å². The van der Waals surface area contributed by atoms with Crippen molar-refractivity contribution in [3.8, 4) is 0 Å². The molecule has 3 aromatic rings. The number of ketones is 1. The third kappa shape index (κ3) is 4.09. The zero-order valence-corrected chi connectivity index (χ0v) is 15.6. The molecule has 0 aliphatic heterocycles. The first-order valence-corrected chi connectivity index (χ1v) is 9.46. The number of hydrogen-bond donors (Lipinski definition) is 3. The molecule has 0 bridgehead atoms. The van der Waals surface area contributed by atoms with Gasteiger partial charge in [0.25, 0.3) is 5.91 Å². The van der Waals surface area contributed by atoms with E-state index in [1.165, 1.54) is 30.3 Å². The molecule has 2 heterocycles. The Hall–Kier alpha value is -3.34. The summed E-state index contributed by atoms with van der Waals surface area (Å²) in [6, 6.07) is 6.56. The summed E-state index contributed by atoms with van der Waals surface area (Å²) in [4.78, 5) is 28.9. The third-order valence-corrected chi connectivity index (χ3v) is 5.32. The van der Waals surface area contributed by atoms with Gasteiger partial charge in [-0.2, -0.15) is 0 Å². The molecule has 0 spiro atoms. The lowest BCUT2D eigenvalue weighted by Gasteiger charge is -2.29. The molecule has 1 saturated carbocycles. The molecule has 1 aromatic carbocycles. The number of nitrogen functional groups attached to an aromatic ring is 1. The van der Waals surface area contributed by atoms with Gasteiger partial charge in [0, 0.05) is 17.8 Å². The van der Waals surface area contributed by atoms with E-state index in [-0.39, 0.29) is 46.8 Å². The highest BCUT2D eigenvalue weighted by Gasteiger charge is 2.31. The maximum atomic E-state index is 13.0. The van der Waals surface area contributed by atoms with Gasteiger partial charge in [0.1, 0.15) is 22.7 Å². The van der Waals surface area contributed by atoms with Crippen molar-refractivity contribution in [3.05, 3.63) is 52.5 Å². The van der Waals surface area contributed by atoms with Gasteiger partial charge in [0.2, 0.25) is 11.5 Å². The summed E-state index contributed by atoms with van der Waals surface area (Å²) >= 11 is 0.982. The quantitative estimate of drug-likeness (QED) is 0.525. The van der Waals surface area contributed by atoms with Crippen molar-refractivity contribution < 1.29 is 22.9 Å². The fourth-order valence-corrected chi connectivity index (χ4v) is 3.58. The number of nitrogens with two attached hydrogens (primary N) is 1. The summed E-state index contributed by atoms with van der Waals surface area (Å²) in [6.07, 6.45) is -0.380. The first-order chi connectivity index (χ1) is 13.9. The summed E-state index contributed by atoms with van der Waals surface area (Å²) in [5.41, 5.74) is 6.32. The van der Waals surface area contributed by atoms with Crippen LogP contribution < -0.4 is 16.4 Å². The molecular weight excluding hydrogens is 404 g/mol. The Morgan fingerprint density at radius 2 is 1.97 bits per heavy atom. The van der Waals surface area contributed by atoms with Crippen LogP contribution in [0.4, 0.5) is 25.4 Å². The molecule has 0 unspecified atom stereocenters. The number of carbonyl (C=O) groups excluding carboxylic acids is 2. The Kier molecular flexibility index (Phi) is 4.97. The highest BCUT2D eigenvalue weighted by molar-refractivity contribution is 7.18. The van der Waals surface area contributed by atoms with Crippen molar-refractivity contribution in [3.63, 3.8) is 0 Å². The topological polar surface area (TPSA) is 123 Å². The van der Waals surface area contributed by atoms with Crippen LogP contribution in [0.5, 0.6) is 0 Å². The van der Waals surface area contributed by atoms with Crippen LogP contribution in [0.2, 0.25) is 0 Å². The van der Waals surface area contributed by atoms with Gasteiger partial charge < -0.3 is 20.9 Å². The van der Waals surface area contributed by atoms with Crippen LogP contribution in [-0.2, 0) is 0 Å². The van der Waals surface area contributed by atoms with E-state index in [0.717, 1.165) is 11.3 Å². The van der Waals surface area contributed by atoms with Crippen LogP contribution in [0.1, 0.15) is 38.8 Å². The maximum absolute atomic E-state index is 13.0. The van der Waals surface area contributed by atoms with Gasteiger partial charge >= 0.3 is 0 Å². The van der Waals surface area contributed by atoms with Gasteiger partial charge in [0.15, 0.2) is 10.8 Å². The van der Waals surface area contributed by atoms with Gasteiger partial charge in [-0.05, 0) is 37.1 Å². The van der Waals surface area contributed by atoms with Crippen molar-refractivity contribution in [2.75, 3.05) is 11.1 Å². The average Bonchev–Trinajstić information content (AvgIpc) is 3.29. The summed E-state index contributed by atoms with van der Waals surface area (Å²) in [5.74, 6) is -1.69. The largest absolute Gasteiger partial charge is 0.382 e. The Balaban J connectivity index is 1.45. The first kappa shape index (κ1) is 19.0. The Labute approximate surface area is 167 Å². The average molecular weight is 419 g/mol. The normalized spacial score (nSPS) is 18.1. The van der Waals surface area contributed by atoms with E-state index in [1.54, 1.807) is 0 Å². The lowest BCUT2D eigenvalue weighted by Crippen LogP contribution is -2.45. The van der Waals surface area contributed by atoms with E-state index >= 15 is 0 Å². The number of nitrogens with zero attached hydrogens (tertiary/aromatic N) is 2. The van der Waals surface area contributed by atoms with Crippen LogP contribution in [0.3, 0.4) is 0 Å². The van der Waals surface area contributed by atoms with Gasteiger partial charge in [-0.25, -0.2) is 13.8 Å². The van der Waals surface area contributed by atoms with Gasteiger partial charge in [0.05, 0.1) is 0 Å². The number of amides is 1. The molecule has 8 nitrogen and oxygen atoms in total. The second-order valence-corrected chi connectivity index (χ2v) is 7.51. The van der Waals surface area contributed by atoms with E-state index in [9.17, 15) is 18.4 Å². The van der Waals surface area contributed by atoms with Crippen LogP contribution >= 0.6 is 11.3 Å². The van der Waals surface area contributed by atoms with E-state index in [4.69, 9.17) is 10.3 Å². The fourth-order valence-electron chi connectivity index (χ4n) is 2.73. The third-order valence-electron chi connectivity index (χ3n) is 4.34. The van der Waals surface area contributed by atoms with Crippen LogP contribution in [0, 0.1) is 5.82 Å². The number of halogens is 2. The lowest BCUT2D eigenvalue weighted by molar-refractivity contribution is 0.0849. The SMILES string of the molecule is Nc1nc(Nc2ccc(F)cc2)sc1C(=O)c1cc(C(=O)N[C@H]2C[C@H](F)C2)no1. The molecule has 150 valence electrons. The van der Waals surface area contributed by atoms with Crippen LogP contribution in [0.15, 0.2) is 34.9 Å². The summed E-state index contributed by atoms with van der Waals surface area (Å²) < 4.78 is 30.8. The second-order valence-electron chi connectivity index (χ2n) is 6.51. The number of alkyl halides is 1. The molecular formula is C18H15F2N5O3S. The second kappa shape index (κ2) is 7.59. The number of rotatable bonds is 6. The van der Waals surface area contributed by atoms with Crippen LogP contribution in [0.25, 0.3) is 0 Å². The van der Waals surface area contributed by atoms with Crippen molar-refractivity contribution >= 4 is 39.7 Å². The molecule has 29 heavy (non-hydrogen) atoms. The minimum absolute atomic E-state index is 0.0181. The number of anilines is 3. The molecule has 4 N–H and O–H groups in total. The maximum Gasteiger partial charge on any atom is 0.273 e. The number of benzene rings is 1. The van der Waals surface area contributed by atoms with E-state index in [2.05, 4.69) is 20.8 Å². The van der Waals surface area contributed by atoms with E-state index in [1.807, 2.05) is 0 Å². The lowest BCUT2D eigenvalue weighted by atomic mass is 9.91. The Morgan fingerprint density at radius 1 is 1.24 bits per heavy atom. The van der Waals surface area contributed by atoms with Crippen molar-refractivity contribution in [2.24, 2.45) is 0 Å². The monoisotopic (exact) mass is 419 g/mol. The van der Waals surface area contributed by atoms with Crippen molar-refractivity contribution in [1.82, 2.24) is 15.5 Å².